The van der Waals surface area contributed by atoms with E-state index in [4.69, 9.17) is 16.7 Å². The number of aryl methyl sites for hydroxylation is 2. The van der Waals surface area contributed by atoms with Crippen molar-refractivity contribution in [1.29, 1.82) is 0 Å². The molecule has 2 rings (SSSR count). The molecular formula is C25H34ClFN2O5S. The topological polar surface area (TPSA) is 107 Å². The number of carboxylic acid groups (broad SMARTS) is 1. The lowest BCUT2D eigenvalue weighted by atomic mass is 9.95. The quantitative estimate of drug-likeness (QED) is 0.343. The first-order valence-electron chi connectivity index (χ1n) is 11.4. The van der Waals surface area contributed by atoms with Crippen molar-refractivity contribution in [2.24, 2.45) is 0 Å². The van der Waals surface area contributed by atoms with Crippen LogP contribution in [0.4, 0.5) is 4.39 Å². The maximum atomic E-state index is 13.8. The lowest BCUT2D eigenvalue weighted by Gasteiger charge is -2.29. The van der Waals surface area contributed by atoms with Gasteiger partial charge >= 0.3 is 5.97 Å². The second kappa shape index (κ2) is 12.8. The number of carbonyl (C=O) groups is 1. The first-order valence-corrected chi connectivity index (χ1v) is 13.3. The number of aliphatic carboxylic acids is 1. The van der Waals surface area contributed by atoms with Gasteiger partial charge in [-0.15, -0.1) is 0 Å². The number of β-amino-alcohol motifs (C(OH)–C–C–N with tert-alkyl or cyclic N) is 1. The summed E-state index contributed by atoms with van der Waals surface area (Å²) in [6, 6.07) is 10.9. The zero-order chi connectivity index (χ0) is 26.2. The highest BCUT2D eigenvalue weighted by Crippen LogP contribution is 2.23. The number of hydrogen-bond acceptors (Lipinski definition) is 5. The van der Waals surface area contributed by atoms with Crippen molar-refractivity contribution in [2.45, 2.75) is 62.5 Å². The third-order valence-corrected chi connectivity index (χ3v) is 7.78. The van der Waals surface area contributed by atoms with E-state index in [1.54, 1.807) is 12.1 Å². The molecule has 0 saturated carbocycles. The molecule has 0 saturated heterocycles. The molecule has 194 valence electrons. The number of likely N-dealkylation sites (N-methyl/N-ethyl adjacent to an activating group) is 1. The summed E-state index contributed by atoms with van der Waals surface area (Å²) in [5.74, 6) is -1.20. The number of hydrogen-bond donors (Lipinski definition) is 3. The molecule has 0 aliphatic carbocycles. The summed E-state index contributed by atoms with van der Waals surface area (Å²) in [6.45, 7) is 3.99. The monoisotopic (exact) mass is 528 g/mol. The Morgan fingerprint density at radius 3 is 2.54 bits per heavy atom. The molecule has 0 radical (unpaired) electrons. The van der Waals surface area contributed by atoms with Crippen molar-refractivity contribution in [1.82, 2.24) is 9.62 Å². The highest BCUT2D eigenvalue weighted by atomic mass is 35.5. The fourth-order valence-electron chi connectivity index (χ4n) is 3.71. The van der Waals surface area contributed by atoms with Gasteiger partial charge in [-0.25, -0.2) is 12.8 Å². The molecule has 2 aromatic rings. The maximum absolute atomic E-state index is 13.8. The summed E-state index contributed by atoms with van der Waals surface area (Å²) < 4.78 is 40.8. The number of nitrogens with one attached hydrogen (secondary N) is 1. The summed E-state index contributed by atoms with van der Waals surface area (Å²) >= 11 is 6.06. The molecular weight excluding hydrogens is 495 g/mol. The third-order valence-electron chi connectivity index (χ3n) is 5.76. The average Bonchev–Trinajstić information content (AvgIpc) is 2.77. The second-order valence-corrected chi connectivity index (χ2v) is 11.8. The van der Waals surface area contributed by atoms with Crippen molar-refractivity contribution in [2.75, 3.05) is 20.1 Å². The van der Waals surface area contributed by atoms with Gasteiger partial charge in [0.2, 0.25) is 10.0 Å². The van der Waals surface area contributed by atoms with Crippen molar-refractivity contribution in [3.63, 3.8) is 0 Å². The van der Waals surface area contributed by atoms with Gasteiger partial charge in [0, 0.05) is 37.1 Å². The SMILES string of the molecule is CN(CC(O)CNC(C)(C)CCCc1ccccc1F)S(=O)(=O)c1cc(Cl)cc(CCC(=O)O)c1. The summed E-state index contributed by atoms with van der Waals surface area (Å²) in [5.41, 5.74) is 0.837. The van der Waals surface area contributed by atoms with Crippen LogP contribution >= 0.6 is 11.6 Å². The van der Waals surface area contributed by atoms with E-state index in [0.717, 1.165) is 17.1 Å². The van der Waals surface area contributed by atoms with E-state index in [0.29, 0.717) is 17.5 Å². The molecule has 2 aromatic carbocycles. The van der Waals surface area contributed by atoms with Gasteiger partial charge in [0.1, 0.15) is 5.82 Å². The maximum Gasteiger partial charge on any atom is 0.303 e. The first-order chi connectivity index (χ1) is 16.3. The average molecular weight is 529 g/mol. The van der Waals surface area contributed by atoms with Gasteiger partial charge in [0.15, 0.2) is 0 Å². The van der Waals surface area contributed by atoms with Crippen molar-refractivity contribution >= 4 is 27.6 Å². The Bertz CT molecular complexity index is 1110. The number of carboxylic acids is 1. The summed E-state index contributed by atoms with van der Waals surface area (Å²) in [6.07, 6.45) is 1.15. The Kier molecular flexibility index (Phi) is 10.7. The predicted octanol–water partition coefficient (Wildman–Crippen LogP) is 3.87. The minimum Gasteiger partial charge on any atom is -0.481 e. The lowest BCUT2D eigenvalue weighted by molar-refractivity contribution is -0.136. The Hall–Kier alpha value is -2.04. The summed E-state index contributed by atoms with van der Waals surface area (Å²) in [5, 5.41) is 22.8. The number of nitrogens with zero attached hydrogens (tertiary/aromatic N) is 1. The van der Waals surface area contributed by atoms with Crippen LogP contribution < -0.4 is 5.32 Å². The minimum absolute atomic E-state index is 0.0541. The number of rotatable bonds is 14. The van der Waals surface area contributed by atoms with Crippen LogP contribution in [0.3, 0.4) is 0 Å². The van der Waals surface area contributed by atoms with Crippen LogP contribution in [0.5, 0.6) is 0 Å². The van der Waals surface area contributed by atoms with E-state index in [9.17, 15) is 22.7 Å². The molecule has 0 fully saturated rings. The Balaban J connectivity index is 1.90. The minimum atomic E-state index is -3.94. The smallest absolute Gasteiger partial charge is 0.303 e. The van der Waals surface area contributed by atoms with Crippen LogP contribution in [0.2, 0.25) is 5.02 Å². The number of halogens is 2. The Morgan fingerprint density at radius 1 is 1.20 bits per heavy atom. The lowest BCUT2D eigenvalue weighted by Crippen LogP contribution is -2.46. The molecule has 10 heteroatoms. The van der Waals surface area contributed by atoms with Gasteiger partial charge in [0.05, 0.1) is 11.0 Å². The zero-order valence-electron chi connectivity index (χ0n) is 20.3. The highest BCUT2D eigenvalue weighted by molar-refractivity contribution is 7.89. The van der Waals surface area contributed by atoms with Crippen LogP contribution in [0.15, 0.2) is 47.4 Å². The molecule has 0 spiro atoms. The van der Waals surface area contributed by atoms with Gasteiger partial charge in [-0.3, -0.25) is 4.79 Å². The second-order valence-electron chi connectivity index (χ2n) is 9.34. The Morgan fingerprint density at radius 2 is 1.89 bits per heavy atom. The zero-order valence-corrected chi connectivity index (χ0v) is 21.9. The van der Waals surface area contributed by atoms with Crippen molar-refractivity contribution in [3.05, 3.63) is 64.4 Å². The van der Waals surface area contributed by atoms with Gasteiger partial charge in [0.25, 0.3) is 0 Å². The predicted molar refractivity (Wildman–Crippen MR) is 135 cm³/mol. The number of benzene rings is 2. The molecule has 0 aliphatic rings. The van der Waals surface area contributed by atoms with Gasteiger partial charge in [-0.05, 0) is 74.9 Å². The fourth-order valence-corrected chi connectivity index (χ4v) is 5.34. The van der Waals surface area contributed by atoms with Crippen LogP contribution in [-0.4, -0.2) is 60.7 Å². The van der Waals surface area contributed by atoms with Gasteiger partial charge < -0.3 is 15.5 Å². The van der Waals surface area contributed by atoms with Gasteiger partial charge in [-0.2, -0.15) is 4.31 Å². The molecule has 0 heterocycles. The van der Waals surface area contributed by atoms with E-state index >= 15 is 0 Å². The molecule has 1 atom stereocenters. The van der Waals surface area contributed by atoms with Crippen molar-refractivity contribution < 1.29 is 27.8 Å². The number of aliphatic hydroxyl groups is 1. The molecule has 0 aromatic heterocycles. The molecule has 3 N–H and O–H groups in total. The van der Waals surface area contributed by atoms with Crippen LogP contribution in [0.1, 0.15) is 44.2 Å². The van der Waals surface area contributed by atoms with Crippen LogP contribution in [0.25, 0.3) is 0 Å². The molecule has 0 bridgehead atoms. The number of sulfonamides is 1. The van der Waals surface area contributed by atoms with Crippen LogP contribution in [0, 0.1) is 5.82 Å². The standard InChI is InChI=1S/C25H34ClFN2O5S/c1-25(2,12-6-8-19-7-4-5-9-23(19)27)28-16-21(30)17-29(3)35(33,34)22-14-18(10-11-24(31)32)13-20(26)15-22/h4-5,7,9,13-15,21,28,30H,6,8,10-12,16-17H2,1-3H3,(H,31,32). The Labute approximate surface area is 212 Å². The van der Waals surface area contributed by atoms with E-state index in [1.807, 2.05) is 19.9 Å². The third kappa shape index (κ3) is 9.50. The molecule has 7 nitrogen and oxygen atoms in total. The molecule has 0 aliphatic heterocycles. The highest BCUT2D eigenvalue weighted by Gasteiger charge is 2.25. The largest absolute Gasteiger partial charge is 0.481 e. The summed E-state index contributed by atoms with van der Waals surface area (Å²) in [7, 11) is -2.57. The van der Waals surface area contributed by atoms with Gasteiger partial charge in [-0.1, -0.05) is 29.8 Å². The van der Waals surface area contributed by atoms with E-state index in [2.05, 4.69) is 5.32 Å². The van der Waals surface area contributed by atoms with E-state index in [1.165, 1.54) is 31.3 Å². The fraction of sp³-hybridized carbons (Fsp3) is 0.480. The number of aliphatic hydroxyl groups excluding tert-OH is 1. The first kappa shape index (κ1) is 29.2. The van der Waals surface area contributed by atoms with Crippen LogP contribution in [-0.2, 0) is 27.7 Å². The summed E-state index contributed by atoms with van der Waals surface area (Å²) in [4.78, 5) is 10.8. The molecule has 1 unspecified atom stereocenters. The van der Waals surface area contributed by atoms with E-state index < -0.39 is 22.1 Å². The normalized spacial score (nSPS) is 13.2. The molecule has 0 amide bonds. The van der Waals surface area contributed by atoms with Crippen molar-refractivity contribution in [3.8, 4) is 0 Å². The molecule has 35 heavy (non-hydrogen) atoms. The van der Waals surface area contributed by atoms with E-state index in [-0.39, 0.29) is 47.2 Å².